The molecule has 0 aromatic heterocycles. The van der Waals surface area contributed by atoms with Crippen LogP contribution >= 0.6 is 0 Å². The Morgan fingerprint density at radius 1 is 0.756 bits per heavy atom. The van der Waals surface area contributed by atoms with Gasteiger partial charge in [-0.25, -0.2) is 10.2 Å². The first kappa shape index (κ1) is 31.2. The van der Waals surface area contributed by atoms with Crippen LogP contribution in [0, 0.1) is 20.2 Å². The number of hydrogen-bond acceptors (Lipinski definition) is 10. The molecule has 2 N–H and O–H groups in total. The summed E-state index contributed by atoms with van der Waals surface area (Å²) in [7, 11) is 1.38. The van der Waals surface area contributed by atoms with Gasteiger partial charge in [-0.05, 0) is 65.7 Å². The normalized spacial score (nSPS) is 10.8. The number of carbonyl (C=O) groups excluding carboxylic acids is 3. The van der Waals surface area contributed by atoms with Gasteiger partial charge in [0.15, 0.2) is 11.5 Å². The van der Waals surface area contributed by atoms with Crippen molar-refractivity contribution in [3.05, 3.63) is 140 Å². The van der Waals surface area contributed by atoms with Gasteiger partial charge in [0.25, 0.3) is 23.2 Å². The van der Waals surface area contributed by atoms with Crippen molar-refractivity contribution >= 4 is 47.1 Å². The van der Waals surface area contributed by atoms with Crippen LogP contribution in [0.1, 0.15) is 31.8 Å². The number of methoxy groups -OCH3 is 1. The molecule has 2 amide bonds. The van der Waals surface area contributed by atoms with Crippen molar-refractivity contribution in [2.45, 2.75) is 0 Å². The van der Waals surface area contributed by atoms with E-state index in [1.807, 2.05) is 0 Å². The highest BCUT2D eigenvalue weighted by atomic mass is 16.6. The van der Waals surface area contributed by atoms with Crippen molar-refractivity contribution in [3.8, 4) is 11.5 Å². The van der Waals surface area contributed by atoms with Crippen LogP contribution in [0.15, 0.2) is 102 Å². The number of hydrogen-bond donors (Lipinski definition) is 2. The minimum atomic E-state index is -0.736. The molecule has 0 saturated carbocycles. The number of ether oxygens (including phenoxy) is 2. The highest BCUT2D eigenvalue weighted by Gasteiger charge is 2.12. The third-order valence-corrected chi connectivity index (χ3v) is 5.99. The van der Waals surface area contributed by atoms with E-state index in [9.17, 15) is 34.6 Å². The molecule has 0 radical (unpaired) electrons. The van der Waals surface area contributed by atoms with Crippen LogP contribution in [0.4, 0.5) is 17.1 Å². The Balaban J connectivity index is 1.34. The van der Waals surface area contributed by atoms with Crippen LogP contribution in [0.5, 0.6) is 11.5 Å². The number of carbonyl (C=O) groups is 3. The van der Waals surface area contributed by atoms with E-state index in [4.69, 9.17) is 9.47 Å². The molecule has 0 fully saturated rings. The number of amides is 2. The van der Waals surface area contributed by atoms with Crippen molar-refractivity contribution in [2.75, 3.05) is 12.4 Å². The average Bonchev–Trinajstić information content (AvgIpc) is 3.04. The molecule has 0 bridgehead atoms. The summed E-state index contributed by atoms with van der Waals surface area (Å²) in [5, 5.41) is 28.3. The molecule has 0 unspecified atom stereocenters. The maximum absolute atomic E-state index is 12.6. The number of non-ortho nitro benzene ring substituents is 2. The van der Waals surface area contributed by atoms with Crippen LogP contribution in [-0.2, 0) is 4.79 Å². The summed E-state index contributed by atoms with van der Waals surface area (Å²) in [5.74, 6) is -1.49. The molecule has 0 spiro atoms. The Morgan fingerprint density at radius 2 is 1.49 bits per heavy atom. The molecule has 0 aliphatic carbocycles. The molecule has 0 atom stereocenters. The first-order chi connectivity index (χ1) is 21.6. The number of nitro benzene ring substituents is 2. The Labute approximate surface area is 254 Å². The van der Waals surface area contributed by atoms with E-state index in [2.05, 4.69) is 15.8 Å². The molecule has 14 nitrogen and oxygen atoms in total. The molecule has 45 heavy (non-hydrogen) atoms. The molecular formula is C31H23N5O9. The molecule has 0 aliphatic rings. The van der Waals surface area contributed by atoms with E-state index in [0.29, 0.717) is 16.8 Å². The third kappa shape index (κ3) is 8.65. The van der Waals surface area contributed by atoms with E-state index in [1.54, 1.807) is 24.3 Å². The molecule has 226 valence electrons. The lowest BCUT2D eigenvalue weighted by Crippen LogP contribution is -2.18. The number of benzene rings is 4. The monoisotopic (exact) mass is 609 g/mol. The maximum atomic E-state index is 12.6. The smallest absolute Gasteiger partial charge is 0.336 e. The second-order valence-electron chi connectivity index (χ2n) is 9.05. The highest BCUT2D eigenvalue weighted by molar-refractivity contribution is 6.05. The Kier molecular flexibility index (Phi) is 10.0. The standard InChI is InChI=1S/C31H23N5O9/c1-44-28-17-21(8-14-27(28)45-29(37)15-9-20-4-2-7-26(16-20)36(42)43)19-32-34-31(39)23-5-3-6-24(18-23)33-30(38)22-10-12-25(13-11-22)35(40)41/h2-19H,1H3,(H,33,38)(H,34,39)/b15-9+,32-19?. The third-order valence-electron chi connectivity index (χ3n) is 5.99. The van der Waals surface area contributed by atoms with Crippen LogP contribution in [-0.4, -0.2) is 41.0 Å². The zero-order valence-electron chi connectivity index (χ0n) is 23.4. The molecule has 4 aromatic carbocycles. The van der Waals surface area contributed by atoms with Gasteiger partial charge in [0.1, 0.15) is 0 Å². The Hall–Kier alpha value is -6.70. The maximum Gasteiger partial charge on any atom is 0.336 e. The minimum absolute atomic E-state index is 0.111. The fourth-order valence-corrected chi connectivity index (χ4v) is 3.80. The van der Waals surface area contributed by atoms with Gasteiger partial charge < -0.3 is 14.8 Å². The SMILES string of the molecule is COc1cc(C=NNC(=O)c2cccc(NC(=O)c3ccc([N+](=O)[O-])cc3)c2)ccc1OC(=O)/C=C/c1cccc([N+](=O)[O-])c1. The van der Waals surface area contributed by atoms with E-state index in [0.717, 1.165) is 6.08 Å². The van der Waals surface area contributed by atoms with E-state index >= 15 is 0 Å². The Bertz CT molecular complexity index is 1840. The second-order valence-corrected chi connectivity index (χ2v) is 9.05. The van der Waals surface area contributed by atoms with Crippen LogP contribution < -0.4 is 20.2 Å². The summed E-state index contributed by atoms with van der Waals surface area (Å²) >= 11 is 0. The number of rotatable bonds is 11. The largest absolute Gasteiger partial charge is 0.493 e. The van der Waals surface area contributed by atoms with Gasteiger partial charge in [-0.2, -0.15) is 5.10 Å². The lowest BCUT2D eigenvalue weighted by atomic mass is 10.1. The summed E-state index contributed by atoms with van der Waals surface area (Å²) in [4.78, 5) is 58.1. The van der Waals surface area contributed by atoms with E-state index < -0.39 is 27.6 Å². The lowest BCUT2D eigenvalue weighted by Gasteiger charge is -2.09. The molecular weight excluding hydrogens is 586 g/mol. The number of nitro groups is 2. The van der Waals surface area contributed by atoms with Gasteiger partial charge in [-0.15, -0.1) is 0 Å². The fourth-order valence-electron chi connectivity index (χ4n) is 3.80. The fraction of sp³-hybridized carbons (Fsp3) is 0.0323. The van der Waals surface area contributed by atoms with Gasteiger partial charge in [0.2, 0.25) is 0 Å². The van der Waals surface area contributed by atoms with Gasteiger partial charge in [-0.3, -0.25) is 29.8 Å². The topological polar surface area (TPSA) is 192 Å². The number of hydrazone groups is 1. The number of esters is 1. The minimum Gasteiger partial charge on any atom is -0.493 e. The summed E-state index contributed by atoms with van der Waals surface area (Å²) in [6, 6.07) is 21.5. The summed E-state index contributed by atoms with van der Waals surface area (Å²) in [5.41, 5.74) is 3.80. The summed E-state index contributed by atoms with van der Waals surface area (Å²) in [6.07, 6.45) is 3.85. The highest BCUT2D eigenvalue weighted by Crippen LogP contribution is 2.28. The van der Waals surface area contributed by atoms with Crippen molar-refractivity contribution in [1.82, 2.24) is 5.43 Å². The zero-order valence-corrected chi connectivity index (χ0v) is 23.4. The van der Waals surface area contributed by atoms with Crippen LogP contribution in [0.25, 0.3) is 6.08 Å². The van der Waals surface area contributed by atoms with E-state index in [-0.39, 0.29) is 34.0 Å². The van der Waals surface area contributed by atoms with E-state index in [1.165, 1.54) is 86.1 Å². The second kappa shape index (κ2) is 14.5. The average molecular weight is 610 g/mol. The molecule has 4 aromatic rings. The zero-order chi connectivity index (χ0) is 32.3. The van der Waals surface area contributed by atoms with Gasteiger partial charge in [0, 0.05) is 47.2 Å². The molecule has 4 rings (SSSR count). The van der Waals surface area contributed by atoms with Crippen molar-refractivity contribution in [2.24, 2.45) is 5.10 Å². The first-order valence-corrected chi connectivity index (χ1v) is 12.9. The molecule has 0 heterocycles. The first-order valence-electron chi connectivity index (χ1n) is 12.9. The van der Waals surface area contributed by atoms with Crippen molar-refractivity contribution < 1.29 is 33.7 Å². The summed E-state index contributed by atoms with van der Waals surface area (Å²) in [6.45, 7) is 0. The molecule has 0 saturated heterocycles. The van der Waals surface area contributed by atoms with Crippen LogP contribution in [0.2, 0.25) is 0 Å². The number of anilines is 1. The van der Waals surface area contributed by atoms with Crippen LogP contribution in [0.3, 0.4) is 0 Å². The van der Waals surface area contributed by atoms with Crippen molar-refractivity contribution in [1.29, 1.82) is 0 Å². The number of nitrogens with one attached hydrogen (secondary N) is 2. The van der Waals surface area contributed by atoms with Crippen molar-refractivity contribution in [3.63, 3.8) is 0 Å². The van der Waals surface area contributed by atoms with Gasteiger partial charge >= 0.3 is 5.97 Å². The summed E-state index contributed by atoms with van der Waals surface area (Å²) < 4.78 is 10.6. The van der Waals surface area contributed by atoms with Gasteiger partial charge in [-0.1, -0.05) is 18.2 Å². The lowest BCUT2D eigenvalue weighted by molar-refractivity contribution is -0.385. The molecule has 0 aliphatic heterocycles. The van der Waals surface area contributed by atoms with Gasteiger partial charge in [0.05, 0.1) is 23.2 Å². The Morgan fingerprint density at radius 3 is 2.20 bits per heavy atom. The predicted molar refractivity (Wildman–Crippen MR) is 163 cm³/mol. The quantitative estimate of drug-likeness (QED) is 0.0578. The predicted octanol–water partition coefficient (Wildman–Crippen LogP) is 5.15. The number of nitrogens with zero attached hydrogens (tertiary/aromatic N) is 3. The molecule has 14 heteroatoms.